The summed E-state index contributed by atoms with van der Waals surface area (Å²) in [5.41, 5.74) is 3.11. The van der Waals surface area contributed by atoms with Crippen LogP contribution in [-0.2, 0) is 13.1 Å². The molecule has 5 rings (SSSR count). The van der Waals surface area contributed by atoms with E-state index in [1.165, 1.54) is 5.56 Å². The molecule has 4 aromatic rings. The second-order valence-corrected chi connectivity index (χ2v) is 8.56. The van der Waals surface area contributed by atoms with Crippen molar-refractivity contribution in [3.63, 3.8) is 0 Å². The van der Waals surface area contributed by atoms with E-state index >= 15 is 0 Å². The normalized spacial score (nSPS) is 14.1. The lowest BCUT2D eigenvalue weighted by Gasteiger charge is -2.35. The van der Waals surface area contributed by atoms with Crippen LogP contribution in [0.2, 0.25) is 10.0 Å². The number of rotatable bonds is 5. The fraction of sp³-hybridized carbons (Fsp3) is 0.261. The van der Waals surface area contributed by atoms with E-state index in [0.717, 1.165) is 55.1 Å². The SMILES string of the molecule is Cl.Cl.Clc1ccc(Cn2ncc3c(N4CCN(Cc5ccccc5)CC4)ncnc32)c(Cl)c1. The number of anilines is 1. The van der Waals surface area contributed by atoms with Gasteiger partial charge in [0.05, 0.1) is 18.1 Å². The Morgan fingerprint density at radius 2 is 1.61 bits per heavy atom. The van der Waals surface area contributed by atoms with E-state index in [4.69, 9.17) is 23.2 Å². The van der Waals surface area contributed by atoms with E-state index in [1.807, 2.05) is 23.0 Å². The summed E-state index contributed by atoms with van der Waals surface area (Å²) in [6, 6.07) is 16.1. The summed E-state index contributed by atoms with van der Waals surface area (Å²) in [5, 5.41) is 6.77. The quantitative estimate of drug-likeness (QED) is 0.351. The molecule has 33 heavy (non-hydrogen) atoms. The Labute approximate surface area is 215 Å². The maximum absolute atomic E-state index is 6.35. The smallest absolute Gasteiger partial charge is 0.163 e. The molecular weight excluding hydrogens is 502 g/mol. The number of aromatic nitrogens is 4. The molecule has 3 heterocycles. The van der Waals surface area contributed by atoms with Crippen molar-refractivity contribution in [2.24, 2.45) is 0 Å². The molecule has 2 aromatic carbocycles. The zero-order valence-electron chi connectivity index (χ0n) is 17.8. The summed E-state index contributed by atoms with van der Waals surface area (Å²) >= 11 is 12.4. The molecule has 0 aliphatic carbocycles. The van der Waals surface area contributed by atoms with E-state index in [0.29, 0.717) is 16.6 Å². The minimum absolute atomic E-state index is 0. The van der Waals surface area contributed by atoms with E-state index in [1.54, 1.807) is 12.4 Å². The van der Waals surface area contributed by atoms with E-state index in [9.17, 15) is 0 Å². The summed E-state index contributed by atoms with van der Waals surface area (Å²) in [6.07, 6.45) is 3.47. The van der Waals surface area contributed by atoms with Crippen LogP contribution in [0.1, 0.15) is 11.1 Å². The Kier molecular flexibility index (Phi) is 8.79. The maximum atomic E-state index is 6.35. The molecule has 0 N–H and O–H groups in total. The van der Waals surface area contributed by atoms with Crippen LogP contribution in [0.25, 0.3) is 11.0 Å². The maximum Gasteiger partial charge on any atom is 0.163 e. The molecule has 1 aliphatic heterocycles. The van der Waals surface area contributed by atoms with Gasteiger partial charge in [-0.25, -0.2) is 14.6 Å². The molecule has 1 aliphatic rings. The van der Waals surface area contributed by atoms with Crippen molar-refractivity contribution < 1.29 is 0 Å². The number of nitrogens with zero attached hydrogens (tertiary/aromatic N) is 6. The third kappa shape index (κ3) is 5.70. The molecule has 0 radical (unpaired) electrons. The van der Waals surface area contributed by atoms with Gasteiger partial charge in [-0.15, -0.1) is 24.8 Å². The highest BCUT2D eigenvalue weighted by Crippen LogP contribution is 2.26. The highest BCUT2D eigenvalue weighted by molar-refractivity contribution is 6.35. The van der Waals surface area contributed by atoms with E-state index in [-0.39, 0.29) is 24.8 Å². The first kappa shape index (κ1) is 25.5. The third-order valence-electron chi connectivity index (χ3n) is 5.67. The van der Waals surface area contributed by atoms with Gasteiger partial charge in [-0.3, -0.25) is 4.90 Å². The van der Waals surface area contributed by atoms with Gasteiger partial charge in [0.25, 0.3) is 0 Å². The number of halogens is 4. The second kappa shape index (κ2) is 11.4. The standard InChI is InChI=1S/C23H22Cl2N6.2ClH/c24-19-7-6-18(21(25)12-19)15-31-23-20(13-28-31)22(26-16-27-23)30-10-8-29(9-11-30)14-17-4-2-1-3-5-17;;/h1-7,12-13,16H,8-11,14-15H2;2*1H. The average Bonchev–Trinajstić information content (AvgIpc) is 3.20. The summed E-state index contributed by atoms with van der Waals surface area (Å²) in [6.45, 7) is 5.35. The monoisotopic (exact) mass is 524 g/mol. The third-order valence-corrected chi connectivity index (χ3v) is 6.26. The van der Waals surface area contributed by atoms with Gasteiger partial charge in [0.1, 0.15) is 12.1 Å². The van der Waals surface area contributed by atoms with Crippen molar-refractivity contribution in [3.8, 4) is 0 Å². The van der Waals surface area contributed by atoms with Gasteiger partial charge >= 0.3 is 0 Å². The van der Waals surface area contributed by atoms with E-state index < -0.39 is 0 Å². The summed E-state index contributed by atoms with van der Waals surface area (Å²) < 4.78 is 1.86. The van der Waals surface area contributed by atoms with Crippen LogP contribution in [0, 0.1) is 0 Å². The van der Waals surface area contributed by atoms with Gasteiger partial charge in [-0.2, -0.15) is 5.10 Å². The molecule has 0 saturated carbocycles. The Morgan fingerprint density at radius 1 is 0.848 bits per heavy atom. The molecule has 0 bridgehead atoms. The number of fused-ring (bicyclic) bond motifs is 1. The zero-order valence-corrected chi connectivity index (χ0v) is 20.9. The van der Waals surface area contributed by atoms with Crippen molar-refractivity contribution >= 4 is 64.9 Å². The lowest BCUT2D eigenvalue weighted by Crippen LogP contribution is -2.46. The van der Waals surface area contributed by atoms with Crippen LogP contribution in [0.15, 0.2) is 61.1 Å². The molecule has 0 unspecified atom stereocenters. The fourth-order valence-electron chi connectivity index (χ4n) is 4.02. The molecule has 10 heteroatoms. The lowest BCUT2D eigenvalue weighted by molar-refractivity contribution is 0.249. The van der Waals surface area contributed by atoms with Crippen molar-refractivity contribution in [3.05, 3.63) is 82.2 Å². The first-order chi connectivity index (χ1) is 15.2. The van der Waals surface area contributed by atoms with Crippen molar-refractivity contribution in [1.29, 1.82) is 0 Å². The summed E-state index contributed by atoms with van der Waals surface area (Å²) in [5.74, 6) is 0.942. The van der Waals surface area contributed by atoms with Crippen LogP contribution in [0.5, 0.6) is 0 Å². The van der Waals surface area contributed by atoms with Crippen LogP contribution in [0.3, 0.4) is 0 Å². The van der Waals surface area contributed by atoms with Crippen molar-refractivity contribution in [2.75, 3.05) is 31.1 Å². The fourth-order valence-corrected chi connectivity index (χ4v) is 4.49. The molecule has 1 fully saturated rings. The molecule has 0 atom stereocenters. The van der Waals surface area contributed by atoms with Crippen LogP contribution in [-0.4, -0.2) is 50.8 Å². The Balaban J connectivity index is 0.00000153. The minimum atomic E-state index is 0. The number of hydrogen-bond acceptors (Lipinski definition) is 5. The lowest BCUT2D eigenvalue weighted by atomic mass is 10.2. The van der Waals surface area contributed by atoms with Crippen molar-refractivity contribution in [2.45, 2.75) is 13.1 Å². The molecule has 1 saturated heterocycles. The summed E-state index contributed by atoms with van der Waals surface area (Å²) in [7, 11) is 0. The molecular formula is C23H24Cl4N6. The predicted octanol–water partition coefficient (Wildman–Crippen LogP) is 5.35. The van der Waals surface area contributed by atoms with Crippen LogP contribution >= 0.6 is 48.0 Å². The Morgan fingerprint density at radius 3 is 2.33 bits per heavy atom. The molecule has 6 nitrogen and oxygen atoms in total. The van der Waals surface area contributed by atoms with Gasteiger partial charge in [0.15, 0.2) is 5.65 Å². The van der Waals surface area contributed by atoms with Gasteiger partial charge < -0.3 is 4.90 Å². The topological polar surface area (TPSA) is 50.1 Å². The van der Waals surface area contributed by atoms with Crippen molar-refractivity contribution in [1.82, 2.24) is 24.6 Å². The van der Waals surface area contributed by atoms with Gasteiger partial charge in [0.2, 0.25) is 0 Å². The molecule has 2 aromatic heterocycles. The second-order valence-electron chi connectivity index (χ2n) is 7.72. The summed E-state index contributed by atoms with van der Waals surface area (Å²) in [4.78, 5) is 13.9. The minimum Gasteiger partial charge on any atom is -0.353 e. The number of benzene rings is 2. The van der Waals surface area contributed by atoms with E-state index in [2.05, 4.69) is 55.2 Å². The Hall–Kier alpha value is -2.09. The molecule has 0 amide bonds. The zero-order chi connectivity index (χ0) is 21.2. The average molecular weight is 526 g/mol. The first-order valence-corrected chi connectivity index (χ1v) is 11.0. The highest BCUT2D eigenvalue weighted by atomic mass is 35.5. The Bertz CT molecular complexity index is 1190. The largest absolute Gasteiger partial charge is 0.353 e. The van der Waals surface area contributed by atoms with Gasteiger partial charge in [-0.1, -0.05) is 59.6 Å². The number of hydrogen-bond donors (Lipinski definition) is 0. The predicted molar refractivity (Wildman–Crippen MR) is 139 cm³/mol. The molecule has 174 valence electrons. The van der Waals surface area contributed by atoms with Crippen LogP contribution < -0.4 is 4.90 Å². The molecule has 0 spiro atoms. The van der Waals surface area contributed by atoms with Gasteiger partial charge in [-0.05, 0) is 23.3 Å². The highest BCUT2D eigenvalue weighted by Gasteiger charge is 2.21. The van der Waals surface area contributed by atoms with Gasteiger partial charge in [0, 0.05) is 42.8 Å². The van der Waals surface area contributed by atoms with Crippen LogP contribution in [0.4, 0.5) is 5.82 Å². The first-order valence-electron chi connectivity index (χ1n) is 10.3. The number of piperazine rings is 1.